The molecule has 0 amide bonds. The molecule has 1 saturated heterocycles. The second-order valence-electron chi connectivity index (χ2n) is 6.37. The number of hydrogen-bond acceptors (Lipinski definition) is 6. The summed E-state index contributed by atoms with van der Waals surface area (Å²) in [6, 6.07) is 3.91. The summed E-state index contributed by atoms with van der Waals surface area (Å²) in [5, 5.41) is 0. The van der Waals surface area contributed by atoms with E-state index in [1.54, 1.807) is 12.4 Å². The second-order valence-corrected chi connectivity index (χ2v) is 6.37. The van der Waals surface area contributed by atoms with Gasteiger partial charge in [-0.1, -0.05) is 5.92 Å². The van der Waals surface area contributed by atoms with Gasteiger partial charge in [0.15, 0.2) is 0 Å². The molecule has 1 atom stereocenters. The van der Waals surface area contributed by atoms with Crippen molar-refractivity contribution in [3.8, 4) is 23.1 Å². The van der Waals surface area contributed by atoms with Crippen LogP contribution in [0.1, 0.15) is 31.6 Å². The van der Waals surface area contributed by atoms with Crippen molar-refractivity contribution in [1.29, 1.82) is 0 Å². The molecule has 0 aromatic carbocycles. The lowest BCUT2D eigenvalue weighted by Crippen LogP contribution is -2.25. The topological polar surface area (TPSA) is 98.4 Å². The second kappa shape index (κ2) is 6.65. The van der Waals surface area contributed by atoms with Crippen LogP contribution < -0.4 is 11.5 Å². The molecule has 0 bridgehead atoms. The smallest absolute Gasteiger partial charge is 0.150 e. The van der Waals surface area contributed by atoms with Crippen LogP contribution in [-0.4, -0.2) is 37.3 Å². The van der Waals surface area contributed by atoms with Crippen LogP contribution in [0.15, 0.2) is 30.7 Å². The van der Waals surface area contributed by atoms with Crippen LogP contribution in [0.2, 0.25) is 0 Å². The highest BCUT2D eigenvalue weighted by Crippen LogP contribution is 2.36. The fourth-order valence-electron chi connectivity index (χ4n) is 3.61. The van der Waals surface area contributed by atoms with Crippen LogP contribution in [0.3, 0.4) is 0 Å². The Kier molecular flexibility index (Phi) is 4.19. The number of fused-ring (bicyclic) bond motifs is 1. The van der Waals surface area contributed by atoms with Gasteiger partial charge in [-0.3, -0.25) is 9.30 Å². The third-order valence-corrected chi connectivity index (χ3v) is 4.79. The highest BCUT2D eigenvalue weighted by Gasteiger charge is 2.30. The zero-order chi connectivity index (χ0) is 18.1. The van der Waals surface area contributed by atoms with E-state index in [0.29, 0.717) is 11.6 Å². The largest absolute Gasteiger partial charge is 0.384 e. The fourth-order valence-corrected chi connectivity index (χ4v) is 3.61. The Morgan fingerprint density at radius 2 is 2.15 bits per heavy atom. The molecule has 1 aliphatic rings. The van der Waals surface area contributed by atoms with Gasteiger partial charge in [-0.15, -0.1) is 5.92 Å². The first-order chi connectivity index (χ1) is 12.7. The molecule has 26 heavy (non-hydrogen) atoms. The third kappa shape index (κ3) is 2.74. The summed E-state index contributed by atoms with van der Waals surface area (Å²) in [4.78, 5) is 15.7. The van der Waals surface area contributed by atoms with Crippen molar-refractivity contribution in [3.05, 3.63) is 36.5 Å². The Morgan fingerprint density at radius 1 is 1.27 bits per heavy atom. The first-order valence-corrected chi connectivity index (χ1v) is 8.67. The van der Waals surface area contributed by atoms with Crippen molar-refractivity contribution in [1.82, 2.24) is 24.3 Å². The molecule has 0 saturated carbocycles. The van der Waals surface area contributed by atoms with Gasteiger partial charge in [0.05, 0.1) is 12.6 Å². The Labute approximate surface area is 152 Å². The molecule has 4 N–H and O–H groups in total. The fraction of sp³-hybridized carbons (Fsp3) is 0.316. The van der Waals surface area contributed by atoms with Crippen LogP contribution in [0.25, 0.3) is 16.8 Å². The highest BCUT2D eigenvalue weighted by atomic mass is 15.2. The summed E-state index contributed by atoms with van der Waals surface area (Å²) >= 11 is 0. The number of anilines is 2. The number of likely N-dealkylation sites (tertiary alicyclic amines) is 1. The molecule has 132 valence electrons. The van der Waals surface area contributed by atoms with E-state index in [9.17, 15) is 0 Å². The first kappa shape index (κ1) is 16.4. The lowest BCUT2D eigenvalue weighted by Gasteiger charge is -2.21. The number of imidazole rings is 1. The van der Waals surface area contributed by atoms with Crippen molar-refractivity contribution in [2.75, 3.05) is 24.6 Å². The lowest BCUT2D eigenvalue weighted by atomic mass is 10.1. The molecule has 1 aliphatic heterocycles. The minimum absolute atomic E-state index is 0.207. The van der Waals surface area contributed by atoms with E-state index in [0.717, 1.165) is 48.5 Å². The van der Waals surface area contributed by atoms with Crippen LogP contribution in [0.5, 0.6) is 0 Å². The van der Waals surface area contributed by atoms with E-state index < -0.39 is 0 Å². The average molecular weight is 347 g/mol. The van der Waals surface area contributed by atoms with E-state index >= 15 is 0 Å². The number of rotatable bonds is 3. The van der Waals surface area contributed by atoms with Crippen LogP contribution >= 0.6 is 0 Å². The van der Waals surface area contributed by atoms with Gasteiger partial charge >= 0.3 is 0 Å². The van der Waals surface area contributed by atoms with E-state index in [1.165, 1.54) is 0 Å². The molecule has 0 radical (unpaired) electrons. The molecule has 3 aromatic heterocycles. The van der Waals surface area contributed by atoms with Gasteiger partial charge in [0.2, 0.25) is 0 Å². The quantitative estimate of drug-likeness (QED) is 0.704. The molecular formula is C19H21N7. The molecular weight excluding hydrogens is 326 g/mol. The number of pyridine rings is 1. The molecule has 0 spiro atoms. The highest BCUT2D eigenvalue weighted by molar-refractivity contribution is 5.85. The van der Waals surface area contributed by atoms with Crippen LogP contribution in [0, 0.1) is 11.8 Å². The predicted octanol–water partition coefficient (Wildman–Crippen LogP) is 2.12. The van der Waals surface area contributed by atoms with Gasteiger partial charge in [0, 0.05) is 24.2 Å². The molecule has 4 rings (SSSR count). The van der Waals surface area contributed by atoms with Gasteiger partial charge in [0.1, 0.15) is 28.7 Å². The summed E-state index contributed by atoms with van der Waals surface area (Å²) in [7, 11) is 0. The Morgan fingerprint density at radius 3 is 2.96 bits per heavy atom. The minimum Gasteiger partial charge on any atom is -0.384 e. The van der Waals surface area contributed by atoms with Gasteiger partial charge < -0.3 is 11.5 Å². The number of hydrogen-bond donors (Lipinski definition) is 2. The van der Waals surface area contributed by atoms with Crippen molar-refractivity contribution >= 4 is 17.2 Å². The van der Waals surface area contributed by atoms with Crippen molar-refractivity contribution in [3.63, 3.8) is 0 Å². The Balaban J connectivity index is 1.88. The molecule has 0 aliphatic carbocycles. The van der Waals surface area contributed by atoms with E-state index in [2.05, 4.69) is 31.1 Å². The number of nitrogens with two attached hydrogens (primary N) is 2. The normalized spacial score (nSPS) is 17.3. The predicted molar refractivity (Wildman–Crippen MR) is 102 cm³/mol. The maximum atomic E-state index is 6.20. The summed E-state index contributed by atoms with van der Waals surface area (Å²) in [6.07, 6.45) is 7.49. The lowest BCUT2D eigenvalue weighted by molar-refractivity contribution is 0.279. The average Bonchev–Trinajstić information content (AvgIpc) is 3.24. The maximum absolute atomic E-state index is 6.20. The molecule has 7 nitrogen and oxygen atoms in total. The summed E-state index contributed by atoms with van der Waals surface area (Å²) < 4.78 is 2.05. The Hall–Kier alpha value is -3.11. The van der Waals surface area contributed by atoms with Gasteiger partial charge in [-0.25, -0.2) is 15.0 Å². The van der Waals surface area contributed by atoms with E-state index in [1.807, 2.05) is 25.3 Å². The monoisotopic (exact) mass is 347 g/mol. The van der Waals surface area contributed by atoms with Crippen molar-refractivity contribution in [2.24, 2.45) is 0 Å². The minimum atomic E-state index is 0.207. The van der Waals surface area contributed by atoms with Gasteiger partial charge in [-0.05, 0) is 38.4 Å². The summed E-state index contributed by atoms with van der Waals surface area (Å²) in [6.45, 7) is 3.63. The van der Waals surface area contributed by atoms with E-state index in [4.69, 9.17) is 16.5 Å². The maximum Gasteiger partial charge on any atom is 0.150 e. The zero-order valence-electron chi connectivity index (χ0n) is 14.7. The number of aromatic nitrogens is 4. The number of nitrogens with zero attached hydrogens (tertiary/aromatic N) is 5. The van der Waals surface area contributed by atoms with E-state index in [-0.39, 0.29) is 6.04 Å². The van der Waals surface area contributed by atoms with Crippen molar-refractivity contribution < 1.29 is 0 Å². The van der Waals surface area contributed by atoms with Gasteiger partial charge in [0.25, 0.3) is 0 Å². The summed E-state index contributed by atoms with van der Waals surface area (Å²) in [5.74, 6) is 8.03. The SMILES string of the molecule is CC#CCN1CCC[C@H]1c1nc(-c2ccnc(N)c2)c2c(N)nccn12. The van der Waals surface area contributed by atoms with Crippen molar-refractivity contribution in [2.45, 2.75) is 25.8 Å². The molecule has 4 heterocycles. The number of nitrogen functional groups attached to an aromatic ring is 2. The van der Waals surface area contributed by atoms with Gasteiger partial charge in [-0.2, -0.15) is 0 Å². The molecule has 1 fully saturated rings. The molecule has 3 aromatic rings. The summed E-state index contributed by atoms with van der Waals surface area (Å²) in [5.41, 5.74) is 14.6. The van der Waals surface area contributed by atoms with Crippen LogP contribution in [0.4, 0.5) is 11.6 Å². The zero-order valence-corrected chi connectivity index (χ0v) is 14.7. The van der Waals surface area contributed by atoms with Crippen LogP contribution in [-0.2, 0) is 0 Å². The molecule has 0 unspecified atom stereocenters. The Bertz CT molecular complexity index is 1010. The standard InChI is InChI=1S/C19H21N7/c1-2-3-9-25-10-4-5-14(25)19-24-16(13-6-7-22-15(20)12-13)17-18(21)23-8-11-26(17)19/h6-8,11-12,14H,4-5,9-10H2,1H3,(H2,20,22)(H2,21,23)/t14-/m0/s1. The first-order valence-electron chi connectivity index (χ1n) is 8.67. The third-order valence-electron chi connectivity index (χ3n) is 4.79. The molecule has 7 heteroatoms.